The van der Waals surface area contributed by atoms with Gasteiger partial charge in [0.25, 0.3) is 0 Å². The monoisotopic (exact) mass is 870 g/mol. The molecule has 0 N–H and O–H groups in total. The quantitative estimate of drug-likeness (QED) is 0.173. The van der Waals surface area contributed by atoms with E-state index < -0.39 is 5.41 Å². The van der Waals surface area contributed by atoms with Gasteiger partial charge in [-0.3, -0.25) is 0 Å². The lowest BCUT2D eigenvalue weighted by Crippen LogP contribution is -2.31. The Morgan fingerprint density at radius 3 is 1.63 bits per heavy atom. The third kappa shape index (κ3) is 5.71. The number of nitrogens with zero attached hydrogens (tertiary/aromatic N) is 4. The third-order valence-corrected chi connectivity index (χ3v) is 15.0. The molecule has 0 saturated carbocycles. The molecule has 0 saturated heterocycles. The zero-order valence-electron chi connectivity index (χ0n) is 36.1. The Bertz CT molecular complexity index is 3900. The van der Waals surface area contributed by atoms with Crippen molar-refractivity contribution >= 4 is 44.3 Å². The number of hydrogen-bond donors (Lipinski definition) is 0. The van der Waals surface area contributed by atoms with Crippen LogP contribution >= 0.6 is 11.8 Å². The molecule has 0 bridgehead atoms. The van der Waals surface area contributed by atoms with Crippen molar-refractivity contribution in [2.24, 2.45) is 0 Å². The van der Waals surface area contributed by atoms with Gasteiger partial charge >= 0.3 is 0 Å². The van der Waals surface area contributed by atoms with Crippen LogP contribution in [0.3, 0.4) is 0 Å². The van der Waals surface area contributed by atoms with E-state index in [0.29, 0.717) is 17.5 Å². The summed E-state index contributed by atoms with van der Waals surface area (Å²) in [5.41, 5.74) is 15.9. The predicted molar refractivity (Wildman–Crippen MR) is 275 cm³/mol. The van der Waals surface area contributed by atoms with Gasteiger partial charge in [-0.1, -0.05) is 212 Å². The minimum absolute atomic E-state index is 0.474. The van der Waals surface area contributed by atoms with E-state index in [9.17, 15) is 0 Å². The lowest BCUT2D eigenvalue weighted by Gasteiger charge is -2.39. The van der Waals surface area contributed by atoms with E-state index in [4.69, 9.17) is 15.0 Å². The summed E-state index contributed by atoms with van der Waals surface area (Å²) >= 11 is 1.88. The Balaban J connectivity index is 0.999. The van der Waals surface area contributed by atoms with E-state index in [1.165, 1.54) is 75.8 Å². The van der Waals surface area contributed by atoms with Crippen molar-refractivity contribution in [2.75, 3.05) is 0 Å². The number of fused-ring (bicyclic) bond motifs is 14. The van der Waals surface area contributed by atoms with Crippen LogP contribution < -0.4 is 0 Å². The van der Waals surface area contributed by atoms with E-state index in [2.05, 4.69) is 211 Å². The smallest absolute Gasteiger partial charge is 0.164 e. The summed E-state index contributed by atoms with van der Waals surface area (Å²) in [6.45, 7) is 0. The fraction of sp³-hybridized carbons (Fsp3) is 0.0161. The molecule has 14 rings (SSSR count). The number of rotatable bonds is 5. The lowest BCUT2D eigenvalue weighted by molar-refractivity contribution is 0.724. The van der Waals surface area contributed by atoms with Crippen LogP contribution in [0.4, 0.5) is 0 Å². The second-order valence-corrected chi connectivity index (χ2v) is 18.6. The first kappa shape index (κ1) is 37.9. The van der Waals surface area contributed by atoms with Gasteiger partial charge in [0.1, 0.15) is 0 Å². The minimum Gasteiger partial charge on any atom is -0.309 e. The molecule has 0 radical (unpaired) electrons. The molecule has 0 atom stereocenters. The van der Waals surface area contributed by atoms with Crippen LogP contribution in [0.15, 0.2) is 240 Å². The van der Waals surface area contributed by atoms with E-state index in [1.807, 2.05) is 36.0 Å². The normalized spacial score (nSPS) is 13.1. The van der Waals surface area contributed by atoms with E-state index in [-0.39, 0.29) is 0 Å². The number of benzene rings is 10. The first-order valence-corrected chi connectivity index (χ1v) is 23.6. The van der Waals surface area contributed by atoms with E-state index in [0.717, 1.165) is 33.5 Å². The molecule has 2 aliphatic rings. The van der Waals surface area contributed by atoms with Gasteiger partial charge in [0.2, 0.25) is 0 Å². The third-order valence-electron chi connectivity index (χ3n) is 13.9. The Morgan fingerprint density at radius 2 is 0.896 bits per heavy atom. The van der Waals surface area contributed by atoms with Gasteiger partial charge in [0, 0.05) is 48.3 Å². The molecule has 0 amide bonds. The summed E-state index contributed by atoms with van der Waals surface area (Å²) in [7, 11) is 0. The molecule has 0 unspecified atom stereocenters. The van der Waals surface area contributed by atoms with E-state index in [1.54, 1.807) is 0 Å². The van der Waals surface area contributed by atoms with Crippen molar-refractivity contribution in [3.63, 3.8) is 0 Å². The van der Waals surface area contributed by atoms with Crippen LogP contribution in [-0.2, 0) is 5.41 Å². The highest BCUT2D eigenvalue weighted by atomic mass is 32.2. The maximum absolute atomic E-state index is 5.22. The van der Waals surface area contributed by atoms with Crippen molar-refractivity contribution in [2.45, 2.75) is 15.2 Å². The highest BCUT2D eigenvalue weighted by Crippen LogP contribution is 2.63. The molecule has 2 aromatic heterocycles. The molecule has 4 nitrogen and oxygen atoms in total. The molecule has 1 spiro atoms. The zero-order chi connectivity index (χ0) is 44.1. The predicted octanol–water partition coefficient (Wildman–Crippen LogP) is 15.6. The van der Waals surface area contributed by atoms with Gasteiger partial charge in [-0.05, 0) is 80.2 Å². The van der Waals surface area contributed by atoms with Crippen molar-refractivity contribution in [1.29, 1.82) is 0 Å². The number of hydrogen-bond acceptors (Lipinski definition) is 4. The van der Waals surface area contributed by atoms with Gasteiger partial charge in [0.05, 0.1) is 16.4 Å². The maximum atomic E-state index is 5.22. The Kier molecular flexibility index (Phi) is 8.40. The van der Waals surface area contributed by atoms with Crippen LogP contribution in [-0.4, -0.2) is 19.5 Å². The largest absolute Gasteiger partial charge is 0.309 e. The SMILES string of the molecule is c1ccc(-c2ccc(-c3nc(-c4ccccc4)nc(-c4cccc(-n5c6cc7c(cc6c6ccc8ccccc8c65)C5(c6ccccc6S7)c6ccccc6-c6ccccc65)c4)n3)cc2)cc1. The van der Waals surface area contributed by atoms with Gasteiger partial charge < -0.3 is 4.57 Å². The average molecular weight is 871 g/mol. The van der Waals surface area contributed by atoms with Crippen molar-refractivity contribution in [1.82, 2.24) is 19.5 Å². The van der Waals surface area contributed by atoms with Gasteiger partial charge in [-0.2, -0.15) is 0 Å². The Hall–Kier alpha value is -8.38. The minimum atomic E-state index is -0.474. The van der Waals surface area contributed by atoms with E-state index >= 15 is 0 Å². The molecule has 0 fully saturated rings. The molecule has 3 heterocycles. The molecule has 312 valence electrons. The van der Waals surface area contributed by atoms with Crippen LogP contribution in [0.5, 0.6) is 0 Å². The average Bonchev–Trinajstić information content (AvgIpc) is 3.89. The first-order valence-electron chi connectivity index (χ1n) is 22.8. The van der Waals surface area contributed by atoms with Crippen LogP contribution in [0.25, 0.3) is 94.7 Å². The second-order valence-electron chi connectivity index (χ2n) is 17.5. The number of aromatic nitrogens is 4. The molecule has 12 aromatic rings. The summed E-state index contributed by atoms with van der Waals surface area (Å²) in [5, 5.41) is 4.84. The molecule has 1 aliphatic heterocycles. The van der Waals surface area contributed by atoms with Gasteiger partial charge in [-0.25, -0.2) is 15.0 Å². The highest BCUT2D eigenvalue weighted by molar-refractivity contribution is 7.99. The summed E-state index contributed by atoms with van der Waals surface area (Å²) in [4.78, 5) is 18.0. The first-order chi connectivity index (χ1) is 33.2. The molecule has 67 heavy (non-hydrogen) atoms. The summed E-state index contributed by atoms with van der Waals surface area (Å²) < 4.78 is 2.48. The second kappa shape index (κ2) is 14.8. The fourth-order valence-electron chi connectivity index (χ4n) is 11.0. The van der Waals surface area contributed by atoms with Gasteiger partial charge in [0.15, 0.2) is 17.5 Å². The van der Waals surface area contributed by atoms with Crippen molar-refractivity contribution in [3.05, 3.63) is 253 Å². The molecule has 5 heteroatoms. The standard InChI is InChI=1S/C62H38N4S/c1-3-16-39(17-4-1)40-30-32-43(33-31-40)60-63-59(42-19-5-2-6-20-42)64-61(65-60)44-21-15-22-45(36-44)66-55-38-57-54(37-50(55)49-35-34-41-18-7-8-23-46(41)58(49)66)62(53-28-13-14-29-56(53)67-57)51-26-11-9-24-47(51)48-25-10-12-27-52(48)62/h1-38H. The van der Waals surface area contributed by atoms with Crippen molar-refractivity contribution in [3.8, 4) is 62.1 Å². The van der Waals surface area contributed by atoms with Gasteiger partial charge in [-0.15, -0.1) is 0 Å². The topological polar surface area (TPSA) is 43.6 Å². The fourth-order valence-corrected chi connectivity index (χ4v) is 12.2. The summed E-state index contributed by atoms with van der Waals surface area (Å²) in [6, 6.07) is 83.4. The molecule has 10 aromatic carbocycles. The Morgan fingerprint density at radius 1 is 0.343 bits per heavy atom. The molecule has 1 aliphatic carbocycles. The summed E-state index contributed by atoms with van der Waals surface area (Å²) in [5.74, 6) is 1.88. The van der Waals surface area contributed by atoms with Crippen LogP contribution in [0.2, 0.25) is 0 Å². The maximum Gasteiger partial charge on any atom is 0.164 e. The summed E-state index contributed by atoms with van der Waals surface area (Å²) in [6.07, 6.45) is 0. The molecular formula is C62H38N4S. The lowest BCUT2D eigenvalue weighted by atomic mass is 9.67. The van der Waals surface area contributed by atoms with Crippen LogP contribution in [0.1, 0.15) is 22.3 Å². The highest BCUT2D eigenvalue weighted by Gasteiger charge is 2.50. The van der Waals surface area contributed by atoms with Crippen molar-refractivity contribution < 1.29 is 0 Å². The zero-order valence-corrected chi connectivity index (χ0v) is 37.0. The van der Waals surface area contributed by atoms with Crippen LogP contribution in [0, 0.1) is 0 Å². The Labute approximate surface area is 391 Å². The molecular weight excluding hydrogens is 833 g/mol.